The second kappa shape index (κ2) is 5.82. The van der Waals surface area contributed by atoms with Gasteiger partial charge in [0.2, 0.25) is 0 Å². The van der Waals surface area contributed by atoms with Crippen molar-refractivity contribution in [3.8, 4) is 11.8 Å². The molecule has 2 rings (SSSR count). The Balaban J connectivity index is 1.74. The molecule has 1 heteroatoms. The summed E-state index contributed by atoms with van der Waals surface area (Å²) in [4.78, 5) is 0. The van der Waals surface area contributed by atoms with Crippen LogP contribution < -0.4 is 0 Å². The summed E-state index contributed by atoms with van der Waals surface area (Å²) in [6.07, 6.45) is 4.64. The van der Waals surface area contributed by atoms with Gasteiger partial charge < -0.3 is 4.42 Å². The number of hydrogen-bond donors (Lipinski definition) is 0. The number of furan rings is 1. The topological polar surface area (TPSA) is 13.1 Å². The van der Waals surface area contributed by atoms with Crippen molar-refractivity contribution in [2.75, 3.05) is 0 Å². The lowest BCUT2D eigenvalue weighted by Gasteiger charge is -1.91. The third kappa shape index (κ3) is 3.33. The molecule has 0 bridgehead atoms. The monoisotopic (exact) mass is 210 g/mol. The molecule has 1 nitrogen and oxygen atoms in total. The van der Waals surface area contributed by atoms with Crippen LogP contribution in [0.5, 0.6) is 0 Å². The van der Waals surface area contributed by atoms with Crippen LogP contribution in [0.15, 0.2) is 53.1 Å². The molecule has 0 saturated carbocycles. The van der Waals surface area contributed by atoms with Crippen LogP contribution in [0.4, 0.5) is 0 Å². The van der Waals surface area contributed by atoms with Crippen LogP contribution in [0.3, 0.4) is 0 Å². The first-order chi connectivity index (χ1) is 7.95. The maximum atomic E-state index is 5.25. The number of hydrogen-bond acceptors (Lipinski definition) is 1. The molecule has 0 saturated heterocycles. The fourth-order valence-corrected chi connectivity index (χ4v) is 1.49. The lowest BCUT2D eigenvalue weighted by molar-refractivity contribution is 0.503. The van der Waals surface area contributed by atoms with E-state index in [2.05, 4.69) is 11.8 Å². The Bertz CT molecular complexity index is 457. The molecule has 16 heavy (non-hydrogen) atoms. The minimum absolute atomic E-state index is 0.912. The number of benzene rings is 1. The van der Waals surface area contributed by atoms with Crippen molar-refractivity contribution in [2.24, 2.45) is 0 Å². The summed E-state index contributed by atoms with van der Waals surface area (Å²) in [5.74, 6) is 7.36. The van der Waals surface area contributed by atoms with Gasteiger partial charge in [0.05, 0.1) is 6.26 Å². The van der Waals surface area contributed by atoms with Gasteiger partial charge in [0.15, 0.2) is 0 Å². The summed E-state index contributed by atoms with van der Waals surface area (Å²) in [5, 5.41) is 0. The van der Waals surface area contributed by atoms with Crippen molar-refractivity contribution in [1.29, 1.82) is 0 Å². The van der Waals surface area contributed by atoms with E-state index < -0.39 is 0 Å². The van der Waals surface area contributed by atoms with Crippen LogP contribution in [-0.4, -0.2) is 0 Å². The van der Waals surface area contributed by atoms with Crippen molar-refractivity contribution < 1.29 is 4.42 Å². The molecule has 0 aliphatic rings. The fourth-order valence-electron chi connectivity index (χ4n) is 1.49. The van der Waals surface area contributed by atoms with Gasteiger partial charge in [-0.1, -0.05) is 30.0 Å². The smallest absolute Gasteiger partial charge is 0.103 e. The predicted octanol–water partition coefficient (Wildman–Crippen LogP) is 3.65. The highest BCUT2D eigenvalue weighted by Gasteiger charge is 1.93. The van der Waals surface area contributed by atoms with E-state index in [-0.39, 0.29) is 0 Å². The summed E-state index contributed by atoms with van der Waals surface area (Å²) >= 11 is 0. The number of aryl methyl sites for hydroxylation is 1. The minimum atomic E-state index is 0.912. The largest absolute Gasteiger partial charge is 0.469 e. The maximum absolute atomic E-state index is 5.25. The molecule has 1 aromatic heterocycles. The standard InChI is InChI=1S/C15H14O/c1-3-8-14(9-4-1)10-5-2-6-11-15-12-7-13-16-15/h1,3-4,7-9,12-13H,2,6,11H2. The van der Waals surface area contributed by atoms with Gasteiger partial charge >= 0.3 is 0 Å². The Morgan fingerprint density at radius 3 is 2.62 bits per heavy atom. The Labute approximate surface area is 96.1 Å². The van der Waals surface area contributed by atoms with E-state index in [1.807, 2.05) is 42.5 Å². The zero-order chi connectivity index (χ0) is 11.1. The third-order valence-electron chi connectivity index (χ3n) is 2.31. The summed E-state index contributed by atoms with van der Waals surface area (Å²) in [6, 6.07) is 14.0. The van der Waals surface area contributed by atoms with E-state index in [4.69, 9.17) is 4.42 Å². The normalized spacial score (nSPS) is 9.50. The second-order valence-corrected chi connectivity index (χ2v) is 3.60. The second-order valence-electron chi connectivity index (χ2n) is 3.60. The van der Waals surface area contributed by atoms with E-state index in [1.165, 1.54) is 0 Å². The SMILES string of the molecule is C(#Cc1ccccc1)CCCc1ccco1. The van der Waals surface area contributed by atoms with Crippen molar-refractivity contribution in [3.63, 3.8) is 0 Å². The maximum Gasteiger partial charge on any atom is 0.103 e. The highest BCUT2D eigenvalue weighted by atomic mass is 16.3. The van der Waals surface area contributed by atoms with E-state index in [0.29, 0.717) is 0 Å². The van der Waals surface area contributed by atoms with Crippen LogP contribution in [-0.2, 0) is 6.42 Å². The van der Waals surface area contributed by atoms with Gasteiger partial charge in [0, 0.05) is 18.4 Å². The van der Waals surface area contributed by atoms with Gasteiger partial charge in [-0.15, -0.1) is 0 Å². The Kier molecular flexibility index (Phi) is 3.85. The zero-order valence-electron chi connectivity index (χ0n) is 9.15. The third-order valence-corrected chi connectivity index (χ3v) is 2.31. The van der Waals surface area contributed by atoms with Crippen molar-refractivity contribution in [3.05, 3.63) is 60.1 Å². The lowest BCUT2D eigenvalue weighted by atomic mass is 10.2. The van der Waals surface area contributed by atoms with Gasteiger partial charge in [-0.2, -0.15) is 0 Å². The van der Waals surface area contributed by atoms with Crippen molar-refractivity contribution in [1.82, 2.24) is 0 Å². The molecule has 0 atom stereocenters. The highest BCUT2D eigenvalue weighted by Crippen LogP contribution is 2.05. The molecule has 1 aromatic carbocycles. The summed E-state index contributed by atoms with van der Waals surface area (Å²) in [6.45, 7) is 0. The van der Waals surface area contributed by atoms with E-state index >= 15 is 0 Å². The quantitative estimate of drug-likeness (QED) is 0.556. The Morgan fingerprint density at radius 2 is 1.88 bits per heavy atom. The summed E-state index contributed by atoms with van der Waals surface area (Å²) in [5.41, 5.74) is 1.08. The molecular weight excluding hydrogens is 196 g/mol. The van der Waals surface area contributed by atoms with E-state index in [1.54, 1.807) is 6.26 Å². The highest BCUT2D eigenvalue weighted by molar-refractivity contribution is 5.33. The predicted molar refractivity (Wildman–Crippen MR) is 65.0 cm³/mol. The average molecular weight is 210 g/mol. The minimum Gasteiger partial charge on any atom is -0.469 e. The Hall–Kier alpha value is -1.94. The van der Waals surface area contributed by atoms with Gasteiger partial charge in [-0.05, 0) is 30.7 Å². The summed E-state index contributed by atoms with van der Waals surface area (Å²) in [7, 11) is 0. The molecule has 0 unspecified atom stereocenters. The fraction of sp³-hybridized carbons (Fsp3) is 0.200. The van der Waals surface area contributed by atoms with Crippen LogP contribution in [0.1, 0.15) is 24.2 Å². The molecule has 80 valence electrons. The number of unbranched alkanes of at least 4 members (excludes halogenated alkanes) is 1. The zero-order valence-corrected chi connectivity index (χ0v) is 9.15. The molecule has 1 heterocycles. The van der Waals surface area contributed by atoms with Crippen LogP contribution in [0.2, 0.25) is 0 Å². The summed E-state index contributed by atoms with van der Waals surface area (Å²) < 4.78 is 5.25. The molecule has 0 amide bonds. The molecule has 2 aromatic rings. The van der Waals surface area contributed by atoms with Crippen molar-refractivity contribution in [2.45, 2.75) is 19.3 Å². The van der Waals surface area contributed by atoms with E-state index in [0.717, 1.165) is 30.6 Å². The van der Waals surface area contributed by atoms with Crippen molar-refractivity contribution >= 4 is 0 Å². The average Bonchev–Trinajstić information content (AvgIpc) is 2.83. The van der Waals surface area contributed by atoms with Gasteiger partial charge in [-0.25, -0.2) is 0 Å². The molecule has 0 fully saturated rings. The molecule has 0 N–H and O–H groups in total. The lowest BCUT2D eigenvalue weighted by Crippen LogP contribution is -1.80. The first kappa shape index (κ1) is 10.6. The molecule has 0 aliphatic carbocycles. The molecular formula is C15H14O. The molecule has 0 radical (unpaired) electrons. The number of rotatable bonds is 3. The first-order valence-electron chi connectivity index (χ1n) is 5.51. The Morgan fingerprint density at radius 1 is 1.00 bits per heavy atom. The van der Waals surface area contributed by atoms with Gasteiger partial charge in [0.25, 0.3) is 0 Å². The van der Waals surface area contributed by atoms with E-state index in [9.17, 15) is 0 Å². The van der Waals surface area contributed by atoms with Crippen LogP contribution in [0.25, 0.3) is 0 Å². The van der Waals surface area contributed by atoms with Crippen LogP contribution in [0, 0.1) is 11.8 Å². The molecule has 0 spiro atoms. The first-order valence-corrected chi connectivity index (χ1v) is 5.51. The van der Waals surface area contributed by atoms with Gasteiger partial charge in [0.1, 0.15) is 5.76 Å². The van der Waals surface area contributed by atoms with Gasteiger partial charge in [-0.3, -0.25) is 0 Å². The van der Waals surface area contributed by atoms with Crippen LogP contribution >= 0.6 is 0 Å². The molecule has 0 aliphatic heterocycles.